The van der Waals surface area contributed by atoms with Crippen LogP contribution in [0.3, 0.4) is 0 Å². The number of aromatic nitrogens is 4. The minimum absolute atomic E-state index is 0.0207. The van der Waals surface area contributed by atoms with E-state index >= 15 is 0 Å². The topological polar surface area (TPSA) is 84.7 Å². The largest absolute Gasteiger partial charge is 0.344 e. The molecule has 8 heteroatoms. The molecule has 1 aliphatic heterocycles. The zero-order chi connectivity index (χ0) is 18.0. The fourth-order valence-electron chi connectivity index (χ4n) is 2.92. The van der Waals surface area contributed by atoms with E-state index in [-0.39, 0.29) is 11.3 Å². The number of amides is 1. The minimum Gasteiger partial charge on any atom is -0.344 e. The van der Waals surface area contributed by atoms with Crippen molar-refractivity contribution in [3.63, 3.8) is 0 Å². The second kappa shape index (κ2) is 7.21. The van der Waals surface area contributed by atoms with E-state index in [4.69, 9.17) is 0 Å². The highest BCUT2D eigenvalue weighted by Crippen LogP contribution is 2.24. The Kier molecular flexibility index (Phi) is 5.19. The first-order valence-electron chi connectivity index (χ1n) is 8.72. The number of piperidine rings is 1. The molecule has 0 saturated carbocycles. The van der Waals surface area contributed by atoms with Crippen LogP contribution < -0.4 is 10.6 Å². The first-order chi connectivity index (χ1) is 11.9. The van der Waals surface area contributed by atoms with Crippen LogP contribution in [0.2, 0.25) is 0 Å². The van der Waals surface area contributed by atoms with Gasteiger partial charge in [0.1, 0.15) is 5.01 Å². The lowest BCUT2D eigenvalue weighted by Crippen LogP contribution is -2.30. The molecule has 25 heavy (non-hydrogen) atoms. The molecule has 1 amide bonds. The Morgan fingerprint density at radius 2 is 2.12 bits per heavy atom. The Morgan fingerprint density at radius 3 is 2.76 bits per heavy atom. The fourth-order valence-corrected chi connectivity index (χ4v) is 3.89. The molecule has 2 aromatic heterocycles. The van der Waals surface area contributed by atoms with Gasteiger partial charge in [0.2, 0.25) is 0 Å². The summed E-state index contributed by atoms with van der Waals surface area (Å²) in [7, 11) is 0. The summed E-state index contributed by atoms with van der Waals surface area (Å²) >= 11 is 1.57. The van der Waals surface area contributed by atoms with Gasteiger partial charge in [-0.15, -0.1) is 16.4 Å². The zero-order valence-corrected chi connectivity index (χ0v) is 16.1. The normalized spacial score (nSPS) is 16.2. The summed E-state index contributed by atoms with van der Waals surface area (Å²) in [6.45, 7) is 10.7. The zero-order valence-electron chi connectivity index (χ0n) is 15.3. The average Bonchev–Trinajstić information content (AvgIpc) is 3.20. The Labute approximate surface area is 152 Å². The summed E-state index contributed by atoms with van der Waals surface area (Å²) in [4.78, 5) is 17.1. The summed E-state index contributed by atoms with van der Waals surface area (Å²) < 4.78 is 1.90. The lowest BCUT2D eigenvalue weighted by Gasteiger charge is -2.23. The maximum Gasteiger partial charge on any atom is 0.274 e. The number of nitrogens with one attached hydrogen (secondary N) is 2. The van der Waals surface area contributed by atoms with Gasteiger partial charge < -0.3 is 10.6 Å². The van der Waals surface area contributed by atoms with Crippen molar-refractivity contribution >= 4 is 17.2 Å². The standard InChI is InChI=1S/C17H26N6OS/c1-11-15(21-22-23(11)12-5-7-18-8-6-12)16(24)19-9-14-20-13(10-25-14)17(2,3)4/h10,12,18H,5-9H2,1-4H3,(H,19,24). The van der Waals surface area contributed by atoms with Gasteiger partial charge in [0.05, 0.1) is 24.0 Å². The van der Waals surface area contributed by atoms with Gasteiger partial charge >= 0.3 is 0 Å². The predicted octanol–water partition coefficient (Wildman–Crippen LogP) is 2.20. The molecule has 0 bridgehead atoms. The van der Waals surface area contributed by atoms with Crippen LogP contribution >= 0.6 is 11.3 Å². The maximum absolute atomic E-state index is 12.5. The van der Waals surface area contributed by atoms with Crippen LogP contribution in [0.15, 0.2) is 5.38 Å². The smallest absolute Gasteiger partial charge is 0.274 e. The monoisotopic (exact) mass is 362 g/mol. The molecule has 7 nitrogen and oxygen atoms in total. The van der Waals surface area contributed by atoms with Gasteiger partial charge in [0.25, 0.3) is 5.91 Å². The molecule has 2 N–H and O–H groups in total. The second-order valence-corrected chi connectivity index (χ2v) is 8.45. The first kappa shape index (κ1) is 18.0. The summed E-state index contributed by atoms with van der Waals surface area (Å²) in [5.41, 5.74) is 2.31. The Hall–Kier alpha value is -1.80. The number of hydrogen-bond acceptors (Lipinski definition) is 6. The number of carbonyl (C=O) groups is 1. The highest BCUT2D eigenvalue weighted by atomic mass is 32.1. The molecule has 0 aromatic carbocycles. The Morgan fingerprint density at radius 1 is 1.40 bits per heavy atom. The van der Waals surface area contributed by atoms with Crippen LogP contribution in [-0.2, 0) is 12.0 Å². The lowest BCUT2D eigenvalue weighted by atomic mass is 9.93. The van der Waals surface area contributed by atoms with Crippen molar-refractivity contribution in [2.45, 2.75) is 58.5 Å². The van der Waals surface area contributed by atoms with Gasteiger partial charge in [-0.2, -0.15) is 0 Å². The van der Waals surface area contributed by atoms with E-state index in [0.717, 1.165) is 42.3 Å². The maximum atomic E-state index is 12.5. The molecule has 0 atom stereocenters. The van der Waals surface area contributed by atoms with Crippen molar-refractivity contribution in [3.05, 3.63) is 27.5 Å². The molecule has 1 aliphatic rings. The van der Waals surface area contributed by atoms with Gasteiger partial charge in [0.15, 0.2) is 5.69 Å². The molecule has 0 radical (unpaired) electrons. The lowest BCUT2D eigenvalue weighted by molar-refractivity contribution is 0.0945. The van der Waals surface area contributed by atoms with Gasteiger partial charge in [-0.3, -0.25) is 4.79 Å². The molecule has 2 aromatic rings. The van der Waals surface area contributed by atoms with E-state index < -0.39 is 0 Å². The Balaban J connectivity index is 1.63. The van der Waals surface area contributed by atoms with Crippen molar-refractivity contribution in [2.75, 3.05) is 13.1 Å². The molecule has 136 valence electrons. The van der Waals surface area contributed by atoms with E-state index in [1.54, 1.807) is 11.3 Å². The summed E-state index contributed by atoms with van der Waals surface area (Å²) in [5, 5.41) is 17.5. The van der Waals surface area contributed by atoms with E-state index in [1.165, 1.54) is 0 Å². The third-order valence-corrected chi connectivity index (χ3v) is 5.37. The third-order valence-electron chi connectivity index (χ3n) is 4.52. The van der Waals surface area contributed by atoms with Crippen LogP contribution in [0.25, 0.3) is 0 Å². The first-order valence-corrected chi connectivity index (χ1v) is 9.60. The molecular weight excluding hydrogens is 336 g/mol. The van der Waals surface area contributed by atoms with Gasteiger partial charge in [-0.05, 0) is 32.9 Å². The second-order valence-electron chi connectivity index (χ2n) is 7.51. The molecule has 0 unspecified atom stereocenters. The highest BCUT2D eigenvalue weighted by Gasteiger charge is 2.23. The molecule has 0 spiro atoms. The molecular formula is C17H26N6OS. The van der Waals surface area contributed by atoms with Crippen molar-refractivity contribution in [3.8, 4) is 0 Å². The number of carbonyl (C=O) groups excluding carboxylic acids is 1. The van der Waals surface area contributed by atoms with Crippen molar-refractivity contribution in [1.82, 2.24) is 30.6 Å². The van der Waals surface area contributed by atoms with Crippen LogP contribution in [0.4, 0.5) is 0 Å². The average molecular weight is 363 g/mol. The van der Waals surface area contributed by atoms with E-state index in [2.05, 4.69) is 52.1 Å². The quantitative estimate of drug-likeness (QED) is 0.871. The number of thiazole rings is 1. The Bertz CT molecular complexity index is 739. The van der Waals surface area contributed by atoms with Crippen LogP contribution in [0, 0.1) is 6.92 Å². The van der Waals surface area contributed by atoms with Crippen molar-refractivity contribution in [2.24, 2.45) is 0 Å². The van der Waals surface area contributed by atoms with E-state index in [0.29, 0.717) is 18.3 Å². The highest BCUT2D eigenvalue weighted by molar-refractivity contribution is 7.09. The number of rotatable bonds is 4. The minimum atomic E-state index is -0.190. The van der Waals surface area contributed by atoms with Crippen molar-refractivity contribution < 1.29 is 4.79 Å². The molecule has 3 rings (SSSR count). The van der Waals surface area contributed by atoms with Crippen molar-refractivity contribution in [1.29, 1.82) is 0 Å². The van der Waals surface area contributed by atoms with Crippen LogP contribution in [0.1, 0.15) is 66.5 Å². The molecule has 1 saturated heterocycles. The van der Waals surface area contributed by atoms with Gasteiger partial charge in [0, 0.05) is 10.8 Å². The SMILES string of the molecule is Cc1c(C(=O)NCc2nc(C(C)(C)C)cs2)nnn1C1CCNCC1. The molecule has 3 heterocycles. The summed E-state index contributed by atoms with van der Waals surface area (Å²) in [6.07, 6.45) is 2.03. The van der Waals surface area contributed by atoms with Crippen LogP contribution in [-0.4, -0.2) is 39.0 Å². The third kappa shape index (κ3) is 4.07. The summed E-state index contributed by atoms with van der Waals surface area (Å²) in [5.74, 6) is -0.190. The van der Waals surface area contributed by atoms with Crippen LogP contribution in [0.5, 0.6) is 0 Å². The fraction of sp³-hybridized carbons (Fsp3) is 0.647. The number of nitrogens with zero attached hydrogens (tertiary/aromatic N) is 4. The van der Waals surface area contributed by atoms with E-state index in [9.17, 15) is 4.79 Å². The van der Waals surface area contributed by atoms with Gasteiger partial charge in [-0.25, -0.2) is 9.67 Å². The predicted molar refractivity (Wildman–Crippen MR) is 97.9 cm³/mol. The molecule has 1 fully saturated rings. The van der Waals surface area contributed by atoms with E-state index in [1.807, 2.05) is 11.6 Å². The molecule has 0 aliphatic carbocycles. The summed E-state index contributed by atoms with van der Waals surface area (Å²) in [6, 6.07) is 0.323. The number of hydrogen-bond donors (Lipinski definition) is 2. The van der Waals surface area contributed by atoms with Gasteiger partial charge in [-0.1, -0.05) is 26.0 Å².